The third-order valence-corrected chi connectivity index (χ3v) is 3.43. The van der Waals surface area contributed by atoms with Gasteiger partial charge < -0.3 is 10.5 Å². The molecule has 0 aliphatic carbocycles. The van der Waals surface area contributed by atoms with Gasteiger partial charge in [-0.25, -0.2) is 13.9 Å². The van der Waals surface area contributed by atoms with Gasteiger partial charge in [0.05, 0.1) is 18.4 Å². The zero-order chi connectivity index (χ0) is 16.4. The molecule has 23 heavy (non-hydrogen) atoms. The van der Waals surface area contributed by atoms with Crippen LogP contribution in [0, 0.1) is 5.82 Å². The van der Waals surface area contributed by atoms with Crippen LogP contribution in [0.5, 0.6) is 0 Å². The maximum Gasteiger partial charge on any atom is 0.359 e. The summed E-state index contributed by atoms with van der Waals surface area (Å²) in [6.07, 6.45) is 0. The second kappa shape index (κ2) is 5.92. The Morgan fingerprint density at radius 3 is 2.39 bits per heavy atom. The van der Waals surface area contributed by atoms with Crippen molar-refractivity contribution >= 4 is 11.8 Å². The standard InChI is InChI=1S/C17H14FN3O2/c1-23-17(22)15-14(11-5-3-2-4-6-11)16(19)21(20-15)13-9-7-12(18)8-10-13/h2-10H,19H2,1H3. The van der Waals surface area contributed by atoms with Gasteiger partial charge in [-0.2, -0.15) is 5.10 Å². The first-order chi connectivity index (χ1) is 11.1. The number of nitrogens with zero attached hydrogens (tertiary/aromatic N) is 2. The maximum absolute atomic E-state index is 13.1. The second-order valence-corrected chi connectivity index (χ2v) is 4.85. The minimum Gasteiger partial charge on any atom is -0.464 e. The molecule has 3 rings (SSSR count). The lowest BCUT2D eigenvalue weighted by Crippen LogP contribution is -2.05. The van der Waals surface area contributed by atoms with E-state index in [0.717, 1.165) is 5.56 Å². The number of nitrogen functional groups attached to an aromatic ring is 1. The largest absolute Gasteiger partial charge is 0.464 e. The highest BCUT2D eigenvalue weighted by Gasteiger charge is 2.24. The average Bonchev–Trinajstić information content (AvgIpc) is 2.93. The SMILES string of the molecule is COC(=O)c1nn(-c2ccc(F)cc2)c(N)c1-c1ccccc1. The monoisotopic (exact) mass is 311 g/mol. The number of carbonyl (C=O) groups excluding carboxylic acids is 1. The van der Waals surface area contributed by atoms with Crippen LogP contribution in [-0.4, -0.2) is 22.9 Å². The summed E-state index contributed by atoms with van der Waals surface area (Å²) in [6.45, 7) is 0. The van der Waals surface area contributed by atoms with Crippen molar-refractivity contribution in [2.45, 2.75) is 0 Å². The molecule has 0 atom stereocenters. The molecule has 116 valence electrons. The first-order valence-electron chi connectivity index (χ1n) is 6.90. The van der Waals surface area contributed by atoms with Crippen molar-refractivity contribution in [3.8, 4) is 16.8 Å². The van der Waals surface area contributed by atoms with E-state index in [4.69, 9.17) is 10.5 Å². The Morgan fingerprint density at radius 1 is 1.13 bits per heavy atom. The fraction of sp³-hybridized carbons (Fsp3) is 0.0588. The number of esters is 1. The summed E-state index contributed by atoms with van der Waals surface area (Å²) in [7, 11) is 1.28. The Morgan fingerprint density at radius 2 is 1.78 bits per heavy atom. The summed E-state index contributed by atoms with van der Waals surface area (Å²) in [5, 5.41) is 4.25. The molecular formula is C17H14FN3O2. The molecule has 0 spiro atoms. The Hall–Kier alpha value is -3.15. The van der Waals surface area contributed by atoms with Crippen LogP contribution >= 0.6 is 0 Å². The topological polar surface area (TPSA) is 70.1 Å². The number of halogens is 1. The van der Waals surface area contributed by atoms with Crippen LogP contribution in [0.25, 0.3) is 16.8 Å². The first-order valence-corrected chi connectivity index (χ1v) is 6.90. The smallest absolute Gasteiger partial charge is 0.359 e. The van der Waals surface area contributed by atoms with Crippen LogP contribution in [-0.2, 0) is 4.74 Å². The normalized spacial score (nSPS) is 10.5. The summed E-state index contributed by atoms with van der Waals surface area (Å²) < 4.78 is 19.3. The van der Waals surface area contributed by atoms with Gasteiger partial charge in [0.2, 0.25) is 0 Å². The number of benzene rings is 2. The van der Waals surface area contributed by atoms with Gasteiger partial charge in [0, 0.05) is 0 Å². The van der Waals surface area contributed by atoms with Gasteiger partial charge in [0.25, 0.3) is 0 Å². The van der Waals surface area contributed by atoms with E-state index in [0.29, 0.717) is 11.3 Å². The molecule has 0 saturated heterocycles. The van der Waals surface area contributed by atoms with Crippen molar-refractivity contribution in [2.24, 2.45) is 0 Å². The van der Waals surface area contributed by atoms with E-state index in [-0.39, 0.29) is 17.3 Å². The molecule has 2 aromatic carbocycles. The summed E-state index contributed by atoms with van der Waals surface area (Å²) in [5.41, 5.74) is 8.10. The Kier molecular flexibility index (Phi) is 3.80. The van der Waals surface area contributed by atoms with Crippen molar-refractivity contribution in [1.82, 2.24) is 9.78 Å². The van der Waals surface area contributed by atoms with Crippen molar-refractivity contribution in [2.75, 3.05) is 12.8 Å². The molecule has 6 heteroatoms. The van der Waals surface area contributed by atoms with Gasteiger partial charge in [0.1, 0.15) is 11.6 Å². The Balaban J connectivity index is 2.22. The minimum absolute atomic E-state index is 0.112. The van der Waals surface area contributed by atoms with Gasteiger partial charge in [-0.1, -0.05) is 30.3 Å². The van der Waals surface area contributed by atoms with Gasteiger partial charge in [-0.3, -0.25) is 0 Å². The van der Waals surface area contributed by atoms with Gasteiger partial charge in [0.15, 0.2) is 5.69 Å². The maximum atomic E-state index is 13.1. The molecule has 3 aromatic rings. The number of hydrogen-bond acceptors (Lipinski definition) is 4. The molecule has 1 heterocycles. The number of hydrogen-bond donors (Lipinski definition) is 1. The Labute approximate surface area is 132 Å². The number of aromatic nitrogens is 2. The summed E-state index contributed by atoms with van der Waals surface area (Å²) in [4.78, 5) is 12.0. The minimum atomic E-state index is -0.587. The average molecular weight is 311 g/mol. The number of carbonyl (C=O) groups is 1. The van der Waals surface area contributed by atoms with Crippen LogP contribution in [0.15, 0.2) is 54.6 Å². The van der Waals surface area contributed by atoms with E-state index in [2.05, 4.69) is 5.10 Å². The second-order valence-electron chi connectivity index (χ2n) is 4.85. The van der Waals surface area contributed by atoms with Gasteiger partial charge in [-0.15, -0.1) is 0 Å². The third kappa shape index (κ3) is 2.66. The molecular weight excluding hydrogens is 297 g/mol. The zero-order valence-corrected chi connectivity index (χ0v) is 12.4. The molecule has 0 bridgehead atoms. The molecule has 0 aliphatic heterocycles. The molecule has 5 nitrogen and oxygen atoms in total. The summed E-state index contributed by atoms with van der Waals surface area (Å²) >= 11 is 0. The molecule has 0 saturated carbocycles. The number of rotatable bonds is 3. The van der Waals surface area contributed by atoms with Gasteiger partial charge >= 0.3 is 5.97 Å². The fourth-order valence-corrected chi connectivity index (χ4v) is 2.34. The lowest BCUT2D eigenvalue weighted by molar-refractivity contribution is 0.0594. The highest BCUT2D eigenvalue weighted by Crippen LogP contribution is 2.31. The molecule has 0 fully saturated rings. The van der Waals surface area contributed by atoms with Crippen molar-refractivity contribution in [1.29, 1.82) is 0 Å². The van der Waals surface area contributed by atoms with E-state index < -0.39 is 5.97 Å². The highest BCUT2D eigenvalue weighted by molar-refractivity contribution is 5.98. The lowest BCUT2D eigenvalue weighted by atomic mass is 10.1. The van der Waals surface area contributed by atoms with Crippen LogP contribution < -0.4 is 5.73 Å². The number of ether oxygens (including phenoxy) is 1. The predicted molar refractivity (Wildman–Crippen MR) is 84.7 cm³/mol. The van der Waals surface area contributed by atoms with Crippen LogP contribution in [0.2, 0.25) is 0 Å². The zero-order valence-electron chi connectivity index (χ0n) is 12.4. The van der Waals surface area contributed by atoms with Crippen molar-refractivity contribution in [3.63, 3.8) is 0 Å². The Bertz CT molecular complexity index is 842. The molecule has 0 radical (unpaired) electrons. The van der Waals surface area contributed by atoms with E-state index in [1.165, 1.54) is 36.1 Å². The van der Waals surface area contributed by atoms with E-state index in [1.54, 1.807) is 0 Å². The molecule has 0 amide bonds. The molecule has 0 unspecified atom stereocenters. The van der Waals surface area contributed by atoms with Crippen LogP contribution in [0.1, 0.15) is 10.5 Å². The quantitative estimate of drug-likeness (QED) is 0.755. The fourth-order valence-electron chi connectivity index (χ4n) is 2.34. The first kappa shape index (κ1) is 14.8. The number of anilines is 1. The van der Waals surface area contributed by atoms with Crippen molar-refractivity contribution in [3.05, 3.63) is 66.1 Å². The van der Waals surface area contributed by atoms with E-state index in [9.17, 15) is 9.18 Å². The molecule has 0 aliphatic rings. The van der Waals surface area contributed by atoms with Gasteiger partial charge in [-0.05, 0) is 29.8 Å². The highest BCUT2D eigenvalue weighted by atomic mass is 19.1. The molecule has 1 aromatic heterocycles. The van der Waals surface area contributed by atoms with E-state index in [1.807, 2.05) is 30.3 Å². The van der Waals surface area contributed by atoms with Crippen LogP contribution in [0.3, 0.4) is 0 Å². The molecule has 2 N–H and O–H groups in total. The van der Waals surface area contributed by atoms with Crippen LogP contribution in [0.4, 0.5) is 10.2 Å². The number of nitrogens with two attached hydrogens (primary N) is 1. The third-order valence-electron chi connectivity index (χ3n) is 3.43. The summed E-state index contributed by atoms with van der Waals surface area (Å²) in [5.74, 6) is -0.671. The lowest BCUT2D eigenvalue weighted by Gasteiger charge is -2.05. The van der Waals surface area contributed by atoms with E-state index >= 15 is 0 Å². The predicted octanol–water partition coefficient (Wildman–Crippen LogP) is 3.05. The van der Waals surface area contributed by atoms with Crippen molar-refractivity contribution < 1.29 is 13.9 Å². The number of methoxy groups -OCH3 is 1. The summed E-state index contributed by atoms with van der Waals surface area (Å²) in [6, 6.07) is 14.9.